The Bertz CT molecular complexity index is 1250. The summed E-state index contributed by atoms with van der Waals surface area (Å²) in [6.45, 7) is 8.18. The number of carbonyl (C=O) groups excluding carboxylic acids is 1. The lowest BCUT2D eigenvalue weighted by Crippen LogP contribution is -2.21. The first kappa shape index (κ1) is 23.1. The maximum Gasteiger partial charge on any atom is 0.234 e. The van der Waals surface area contributed by atoms with Gasteiger partial charge >= 0.3 is 0 Å². The number of rotatable bonds is 8. The molecule has 1 amide bonds. The second-order valence-electron chi connectivity index (χ2n) is 7.62. The van der Waals surface area contributed by atoms with Crippen molar-refractivity contribution in [1.29, 1.82) is 0 Å². The zero-order valence-electron chi connectivity index (χ0n) is 18.9. The molecule has 1 N–H and O–H groups in total. The third-order valence-corrected chi connectivity index (χ3v) is 6.66. The van der Waals surface area contributed by atoms with Gasteiger partial charge in [-0.05, 0) is 87.0 Å². The lowest BCUT2D eigenvalue weighted by atomic mass is 10.2. The second-order valence-corrected chi connectivity index (χ2v) is 9.11. The first-order chi connectivity index (χ1) is 16.0. The van der Waals surface area contributed by atoms with Gasteiger partial charge in [-0.25, -0.2) is 0 Å². The standard InChI is InChI=1S/C25H26ClN5OS/c1-4-30(5-2)19-8-10-20(11-9-19)31-28-23-14-17(3)22(15-24(23)29-31)27-25(32)16-33-21-12-6-18(26)7-13-21/h6-15H,4-5,16H2,1-3H3,(H,27,32). The van der Waals surface area contributed by atoms with E-state index in [1.54, 1.807) is 4.80 Å². The molecule has 0 aliphatic heterocycles. The van der Waals surface area contributed by atoms with Crippen molar-refractivity contribution >= 4 is 51.7 Å². The van der Waals surface area contributed by atoms with E-state index in [1.165, 1.54) is 17.4 Å². The van der Waals surface area contributed by atoms with E-state index in [0.29, 0.717) is 10.8 Å². The Balaban J connectivity index is 1.48. The quantitative estimate of drug-likeness (QED) is 0.316. The van der Waals surface area contributed by atoms with Crippen LogP contribution in [0.5, 0.6) is 0 Å². The molecule has 0 bridgehead atoms. The molecule has 0 saturated heterocycles. The van der Waals surface area contributed by atoms with Crippen molar-refractivity contribution < 1.29 is 4.79 Å². The van der Waals surface area contributed by atoms with Crippen LogP contribution in [0.4, 0.5) is 11.4 Å². The summed E-state index contributed by atoms with van der Waals surface area (Å²) in [4.78, 5) is 17.4. The van der Waals surface area contributed by atoms with Gasteiger partial charge in [0.2, 0.25) is 5.91 Å². The van der Waals surface area contributed by atoms with Crippen LogP contribution < -0.4 is 10.2 Å². The minimum atomic E-state index is -0.0724. The van der Waals surface area contributed by atoms with E-state index in [4.69, 9.17) is 11.6 Å². The van der Waals surface area contributed by atoms with E-state index in [-0.39, 0.29) is 5.91 Å². The minimum Gasteiger partial charge on any atom is -0.372 e. The van der Waals surface area contributed by atoms with Gasteiger partial charge in [-0.1, -0.05) is 11.6 Å². The minimum absolute atomic E-state index is 0.0724. The number of aryl methyl sites for hydroxylation is 1. The molecule has 0 fully saturated rings. The van der Waals surface area contributed by atoms with Gasteiger partial charge in [-0.15, -0.1) is 22.0 Å². The summed E-state index contributed by atoms with van der Waals surface area (Å²) in [5, 5.41) is 12.9. The smallest absolute Gasteiger partial charge is 0.234 e. The number of fused-ring (bicyclic) bond motifs is 1. The average Bonchev–Trinajstić information content (AvgIpc) is 3.23. The number of aromatic nitrogens is 3. The van der Waals surface area contributed by atoms with Gasteiger partial charge in [0.1, 0.15) is 11.0 Å². The number of hydrogen-bond donors (Lipinski definition) is 1. The zero-order chi connectivity index (χ0) is 23.4. The molecule has 0 unspecified atom stereocenters. The van der Waals surface area contributed by atoms with Crippen molar-refractivity contribution in [3.8, 4) is 5.69 Å². The van der Waals surface area contributed by atoms with E-state index in [9.17, 15) is 4.79 Å². The van der Waals surface area contributed by atoms with Crippen LogP contribution in [-0.4, -0.2) is 39.7 Å². The Morgan fingerprint density at radius 1 is 1.00 bits per heavy atom. The molecule has 4 rings (SSSR count). The number of hydrogen-bond acceptors (Lipinski definition) is 5. The molecule has 0 aliphatic carbocycles. The van der Waals surface area contributed by atoms with Gasteiger partial charge in [0.15, 0.2) is 0 Å². The molecule has 0 spiro atoms. The van der Waals surface area contributed by atoms with Crippen LogP contribution in [0, 0.1) is 6.92 Å². The molecule has 1 heterocycles. The van der Waals surface area contributed by atoms with Gasteiger partial charge in [-0.2, -0.15) is 4.80 Å². The molecule has 6 nitrogen and oxygen atoms in total. The molecular formula is C25H26ClN5OS. The topological polar surface area (TPSA) is 63.1 Å². The number of halogens is 1. The Hall–Kier alpha value is -3.03. The van der Waals surface area contributed by atoms with Crippen LogP contribution in [0.25, 0.3) is 16.7 Å². The molecule has 0 radical (unpaired) electrons. The number of carbonyl (C=O) groups is 1. The van der Waals surface area contributed by atoms with Crippen LogP contribution in [0.1, 0.15) is 19.4 Å². The zero-order valence-corrected chi connectivity index (χ0v) is 20.5. The van der Waals surface area contributed by atoms with E-state index < -0.39 is 0 Å². The fourth-order valence-electron chi connectivity index (χ4n) is 3.57. The Morgan fingerprint density at radius 2 is 1.64 bits per heavy atom. The average molecular weight is 480 g/mol. The number of nitrogens with one attached hydrogen (secondary N) is 1. The Kier molecular flexibility index (Phi) is 7.20. The highest BCUT2D eigenvalue weighted by atomic mass is 35.5. The number of thioether (sulfide) groups is 1. The fraction of sp³-hybridized carbons (Fsp3) is 0.240. The van der Waals surface area contributed by atoms with Gasteiger partial charge in [-0.3, -0.25) is 4.79 Å². The van der Waals surface area contributed by atoms with E-state index in [2.05, 4.69) is 46.4 Å². The maximum absolute atomic E-state index is 12.5. The van der Waals surface area contributed by atoms with E-state index >= 15 is 0 Å². The largest absolute Gasteiger partial charge is 0.372 e. The van der Waals surface area contributed by atoms with Crippen LogP contribution in [0.15, 0.2) is 65.6 Å². The summed E-state index contributed by atoms with van der Waals surface area (Å²) in [5.74, 6) is 0.238. The summed E-state index contributed by atoms with van der Waals surface area (Å²) in [6.07, 6.45) is 0. The van der Waals surface area contributed by atoms with Gasteiger partial charge < -0.3 is 10.2 Å². The highest BCUT2D eigenvalue weighted by Gasteiger charge is 2.12. The van der Waals surface area contributed by atoms with Crippen molar-refractivity contribution in [2.45, 2.75) is 25.7 Å². The van der Waals surface area contributed by atoms with Crippen molar-refractivity contribution in [1.82, 2.24) is 15.0 Å². The number of nitrogens with zero attached hydrogens (tertiary/aromatic N) is 4. The molecule has 170 valence electrons. The highest BCUT2D eigenvalue weighted by molar-refractivity contribution is 8.00. The Labute approximate surface area is 202 Å². The van der Waals surface area contributed by atoms with Crippen LogP contribution in [-0.2, 0) is 4.79 Å². The van der Waals surface area contributed by atoms with Crippen molar-refractivity contribution in [2.24, 2.45) is 0 Å². The monoisotopic (exact) mass is 479 g/mol. The van der Waals surface area contributed by atoms with Crippen molar-refractivity contribution in [3.05, 3.63) is 71.2 Å². The molecule has 3 aromatic carbocycles. The number of anilines is 2. The van der Waals surface area contributed by atoms with Gasteiger partial charge in [0.05, 0.1) is 11.4 Å². The fourth-order valence-corrected chi connectivity index (χ4v) is 4.39. The van der Waals surface area contributed by atoms with Crippen LogP contribution in [0.3, 0.4) is 0 Å². The summed E-state index contributed by atoms with van der Waals surface area (Å²) < 4.78 is 0. The number of amides is 1. The van der Waals surface area contributed by atoms with Crippen LogP contribution >= 0.6 is 23.4 Å². The molecule has 4 aromatic rings. The van der Waals surface area contributed by atoms with Crippen molar-refractivity contribution in [2.75, 3.05) is 29.1 Å². The van der Waals surface area contributed by atoms with Gasteiger partial charge in [0.25, 0.3) is 0 Å². The summed E-state index contributed by atoms with van der Waals surface area (Å²) in [6, 6.07) is 19.5. The molecule has 0 atom stereocenters. The molecule has 8 heteroatoms. The van der Waals surface area contributed by atoms with Crippen LogP contribution in [0.2, 0.25) is 5.02 Å². The third-order valence-electron chi connectivity index (χ3n) is 5.39. The van der Waals surface area contributed by atoms with E-state index in [0.717, 1.165) is 46.0 Å². The lowest BCUT2D eigenvalue weighted by Gasteiger charge is -2.20. The highest BCUT2D eigenvalue weighted by Crippen LogP contribution is 2.25. The molecule has 0 aliphatic rings. The van der Waals surface area contributed by atoms with Gasteiger partial charge in [0, 0.05) is 34.4 Å². The normalized spacial score (nSPS) is 11.0. The molecule has 33 heavy (non-hydrogen) atoms. The first-order valence-electron chi connectivity index (χ1n) is 10.9. The number of benzene rings is 3. The molecule has 0 saturated carbocycles. The first-order valence-corrected chi connectivity index (χ1v) is 12.2. The summed E-state index contributed by atoms with van der Waals surface area (Å²) in [5.41, 5.74) is 5.27. The SMILES string of the molecule is CCN(CC)c1ccc(-n2nc3cc(C)c(NC(=O)CSc4ccc(Cl)cc4)cc3n2)cc1. The predicted octanol–water partition coefficient (Wildman–Crippen LogP) is 5.96. The molecular weight excluding hydrogens is 454 g/mol. The molecule has 1 aromatic heterocycles. The predicted molar refractivity (Wildman–Crippen MR) is 138 cm³/mol. The lowest BCUT2D eigenvalue weighted by molar-refractivity contribution is -0.113. The Morgan fingerprint density at radius 3 is 2.27 bits per heavy atom. The second kappa shape index (κ2) is 10.3. The summed E-state index contributed by atoms with van der Waals surface area (Å²) in [7, 11) is 0. The third kappa shape index (κ3) is 5.49. The summed E-state index contributed by atoms with van der Waals surface area (Å²) >= 11 is 7.38. The van der Waals surface area contributed by atoms with E-state index in [1.807, 2.05) is 55.5 Å². The van der Waals surface area contributed by atoms with Crippen molar-refractivity contribution in [3.63, 3.8) is 0 Å². The maximum atomic E-state index is 12.5.